The third-order valence-electron chi connectivity index (χ3n) is 2.58. The molecule has 2 rings (SSSR count). The molecule has 100 valence electrons. The van der Waals surface area contributed by atoms with Crippen molar-refractivity contribution in [2.45, 2.75) is 16.8 Å². The maximum Gasteiger partial charge on any atom is 0.416 e. The number of hydrogen-bond acceptors (Lipinski definition) is 2. The van der Waals surface area contributed by atoms with Crippen molar-refractivity contribution in [1.29, 1.82) is 0 Å². The summed E-state index contributed by atoms with van der Waals surface area (Å²) >= 11 is 1.31. The first-order valence-electron chi connectivity index (χ1n) is 5.60. The van der Waals surface area contributed by atoms with Crippen molar-refractivity contribution in [3.05, 3.63) is 59.7 Å². The van der Waals surface area contributed by atoms with E-state index in [2.05, 4.69) is 0 Å². The lowest BCUT2D eigenvalue weighted by atomic mass is 10.2. The molecule has 0 radical (unpaired) electrons. The van der Waals surface area contributed by atoms with E-state index in [1.165, 1.54) is 17.8 Å². The van der Waals surface area contributed by atoms with Crippen LogP contribution in [0.3, 0.4) is 0 Å². The van der Waals surface area contributed by atoms with Gasteiger partial charge in [-0.3, -0.25) is 0 Å². The van der Waals surface area contributed by atoms with Crippen LogP contribution in [0, 0.1) is 0 Å². The van der Waals surface area contributed by atoms with Crippen LogP contribution in [0.25, 0.3) is 0 Å². The molecule has 1 nitrogen and oxygen atoms in total. The van der Waals surface area contributed by atoms with E-state index in [4.69, 9.17) is 5.73 Å². The number of halogens is 3. The molecule has 0 heterocycles. The molecule has 0 atom stereocenters. The second-order valence-corrected chi connectivity index (χ2v) is 5.04. The smallest absolute Gasteiger partial charge is 0.398 e. The van der Waals surface area contributed by atoms with E-state index in [1.54, 1.807) is 0 Å². The Labute approximate surface area is 113 Å². The molecule has 0 aromatic heterocycles. The van der Waals surface area contributed by atoms with Gasteiger partial charge in [-0.25, -0.2) is 0 Å². The predicted octanol–water partition coefficient (Wildman–Crippen LogP) is 4.58. The monoisotopic (exact) mass is 283 g/mol. The van der Waals surface area contributed by atoms with Crippen LogP contribution in [0.2, 0.25) is 0 Å². The van der Waals surface area contributed by atoms with Crippen LogP contribution in [-0.2, 0) is 11.9 Å². The minimum absolute atomic E-state index is 0.369. The number of nitrogens with two attached hydrogens (primary N) is 1. The maximum absolute atomic E-state index is 12.6. The molecule has 5 heteroatoms. The van der Waals surface area contributed by atoms with Crippen molar-refractivity contribution >= 4 is 17.4 Å². The fourth-order valence-corrected chi connectivity index (χ4v) is 2.53. The van der Waals surface area contributed by atoms with Gasteiger partial charge in [0, 0.05) is 16.3 Å². The van der Waals surface area contributed by atoms with E-state index in [0.29, 0.717) is 16.3 Å². The Morgan fingerprint density at radius 1 is 1.00 bits per heavy atom. The summed E-state index contributed by atoms with van der Waals surface area (Å²) in [6.07, 6.45) is -4.34. The summed E-state index contributed by atoms with van der Waals surface area (Å²) in [5.74, 6) is 0.590. The largest absolute Gasteiger partial charge is 0.416 e. The highest BCUT2D eigenvalue weighted by molar-refractivity contribution is 7.98. The number of hydrogen-bond donors (Lipinski definition) is 1. The zero-order valence-electron chi connectivity index (χ0n) is 9.95. The molecular weight excluding hydrogens is 271 g/mol. The standard InChI is InChI=1S/C14H12F3NS/c15-14(16,17)11-6-7-12(18)13(8-11)19-9-10-4-2-1-3-5-10/h1-8H,9,18H2. The molecule has 0 aliphatic rings. The van der Waals surface area contributed by atoms with Crippen molar-refractivity contribution < 1.29 is 13.2 Å². The normalized spacial score (nSPS) is 11.5. The molecule has 0 saturated heterocycles. The Morgan fingerprint density at radius 2 is 1.68 bits per heavy atom. The van der Waals surface area contributed by atoms with E-state index in [0.717, 1.165) is 17.7 Å². The van der Waals surface area contributed by atoms with Gasteiger partial charge in [0.05, 0.1) is 5.56 Å². The van der Waals surface area contributed by atoms with E-state index in [-0.39, 0.29) is 0 Å². The summed E-state index contributed by atoms with van der Waals surface area (Å²) in [6.45, 7) is 0. The van der Waals surface area contributed by atoms with Gasteiger partial charge in [0.1, 0.15) is 0 Å². The van der Waals surface area contributed by atoms with Gasteiger partial charge in [-0.05, 0) is 23.8 Å². The van der Waals surface area contributed by atoms with Crippen LogP contribution in [0.5, 0.6) is 0 Å². The zero-order valence-corrected chi connectivity index (χ0v) is 10.8. The average Bonchev–Trinajstić information content (AvgIpc) is 2.37. The summed E-state index contributed by atoms with van der Waals surface area (Å²) in [4.78, 5) is 0.457. The van der Waals surface area contributed by atoms with Gasteiger partial charge in [-0.2, -0.15) is 13.2 Å². The molecule has 0 aliphatic heterocycles. The van der Waals surface area contributed by atoms with Crippen LogP contribution in [-0.4, -0.2) is 0 Å². The third kappa shape index (κ3) is 3.67. The van der Waals surface area contributed by atoms with E-state index >= 15 is 0 Å². The second-order valence-electron chi connectivity index (χ2n) is 4.02. The molecule has 0 saturated carbocycles. The minimum Gasteiger partial charge on any atom is -0.398 e. The number of nitrogen functional groups attached to an aromatic ring is 1. The molecule has 0 unspecified atom stereocenters. The molecule has 2 N–H and O–H groups in total. The highest BCUT2D eigenvalue weighted by Crippen LogP contribution is 2.35. The number of alkyl halides is 3. The predicted molar refractivity (Wildman–Crippen MR) is 71.9 cm³/mol. The highest BCUT2D eigenvalue weighted by atomic mass is 32.2. The summed E-state index contributed by atoms with van der Waals surface area (Å²) in [7, 11) is 0. The average molecular weight is 283 g/mol. The van der Waals surface area contributed by atoms with Crippen molar-refractivity contribution in [1.82, 2.24) is 0 Å². The van der Waals surface area contributed by atoms with Crippen molar-refractivity contribution in [2.24, 2.45) is 0 Å². The summed E-state index contributed by atoms with van der Waals surface area (Å²) in [6, 6.07) is 12.9. The molecule has 0 amide bonds. The van der Waals surface area contributed by atoms with Crippen LogP contribution < -0.4 is 5.73 Å². The lowest BCUT2D eigenvalue weighted by molar-refractivity contribution is -0.137. The van der Waals surface area contributed by atoms with Gasteiger partial charge < -0.3 is 5.73 Å². The first kappa shape index (κ1) is 13.8. The van der Waals surface area contributed by atoms with Gasteiger partial charge >= 0.3 is 6.18 Å². The number of thioether (sulfide) groups is 1. The van der Waals surface area contributed by atoms with Crippen molar-refractivity contribution in [2.75, 3.05) is 5.73 Å². The van der Waals surface area contributed by atoms with Gasteiger partial charge in [0.15, 0.2) is 0 Å². The number of benzene rings is 2. The SMILES string of the molecule is Nc1ccc(C(F)(F)F)cc1SCc1ccccc1. The minimum atomic E-state index is -4.34. The molecule has 2 aromatic carbocycles. The topological polar surface area (TPSA) is 26.0 Å². The van der Waals surface area contributed by atoms with Crippen molar-refractivity contribution in [3.8, 4) is 0 Å². The molecule has 19 heavy (non-hydrogen) atoms. The molecule has 0 fully saturated rings. The van der Waals surface area contributed by atoms with Crippen LogP contribution >= 0.6 is 11.8 Å². The second kappa shape index (κ2) is 5.57. The Hall–Kier alpha value is -1.62. The molecular formula is C14H12F3NS. The van der Waals surface area contributed by atoms with Gasteiger partial charge in [0.2, 0.25) is 0 Å². The summed E-state index contributed by atoms with van der Waals surface area (Å²) in [5.41, 5.74) is 6.45. The van der Waals surface area contributed by atoms with Crippen LogP contribution in [0.4, 0.5) is 18.9 Å². The quantitative estimate of drug-likeness (QED) is 0.659. The maximum atomic E-state index is 12.6. The Balaban J connectivity index is 2.16. The van der Waals surface area contributed by atoms with E-state index in [1.807, 2.05) is 30.3 Å². The van der Waals surface area contributed by atoms with E-state index in [9.17, 15) is 13.2 Å². The Morgan fingerprint density at radius 3 is 2.32 bits per heavy atom. The van der Waals surface area contributed by atoms with Gasteiger partial charge in [-0.1, -0.05) is 30.3 Å². The first-order chi connectivity index (χ1) is 8.97. The van der Waals surface area contributed by atoms with Gasteiger partial charge in [0.25, 0.3) is 0 Å². The summed E-state index contributed by atoms with van der Waals surface area (Å²) in [5, 5.41) is 0. The summed E-state index contributed by atoms with van der Waals surface area (Å²) < 4.78 is 37.8. The highest BCUT2D eigenvalue weighted by Gasteiger charge is 2.30. The lowest BCUT2D eigenvalue weighted by Crippen LogP contribution is -2.05. The number of rotatable bonds is 3. The van der Waals surface area contributed by atoms with Gasteiger partial charge in [-0.15, -0.1) is 11.8 Å². The van der Waals surface area contributed by atoms with Crippen LogP contribution in [0.15, 0.2) is 53.4 Å². The fourth-order valence-electron chi connectivity index (χ4n) is 1.57. The number of anilines is 1. The van der Waals surface area contributed by atoms with E-state index < -0.39 is 11.7 Å². The van der Waals surface area contributed by atoms with Crippen LogP contribution in [0.1, 0.15) is 11.1 Å². The Kier molecular flexibility index (Phi) is 4.04. The Bertz CT molecular complexity index is 552. The molecule has 0 spiro atoms. The molecule has 0 aliphatic carbocycles. The molecule has 2 aromatic rings. The lowest BCUT2D eigenvalue weighted by Gasteiger charge is -2.11. The fraction of sp³-hybridized carbons (Fsp3) is 0.143. The molecule has 0 bridgehead atoms. The third-order valence-corrected chi connectivity index (χ3v) is 3.72. The van der Waals surface area contributed by atoms with Crippen molar-refractivity contribution in [3.63, 3.8) is 0 Å². The zero-order chi connectivity index (χ0) is 13.9. The first-order valence-corrected chi connectivity index (χ1v) is 6.59.